The van der Waals surface area contributed by atoms with E-state index in [-0.39, 0.29) is 25.5 Å². The second-order valence-corrected chi connectivity index (χ2v) is 5.98. The van der Waals surface area contributed by atoms with Crippen molar-refractivity contribution in [3.8, 4) is 11.5 Å². The number of ether oxygens (including phenoxy) is 3. The maximum absolute atomic E-state index is 12.0. The number of benzene rings is 2. The van der Waals surface area contributed by atoms with Crippen molar-refractivity contribution in [2.75, 3.05) is 25.1 Å². The van der Waals surface area contributed by atoms with Crippen LogP contribution in [0.3, 0.4) is 0 Å². The molecule has 2 rings (SSSR count). The summed E-state index contributed by atoms with van der Waals surface area (Å²) in [5.41, 5.74) is 2.66. The summed E-state index contributed by atoms with van der Waals surface area (Å²) in [5.74, 6) is 0.545. The van der Waals surface area contributed by atoms with Gasteiger partial charge in [0, 0.05) is 5.69 Å². The predicted octanol–water partition coefficient (Wildman–Crippen LogP) is 3.65. The number of para-hydroxylation sites is 1. The standard InChI is InChI=1S/C21H25NO5/c1-4-25-17-8-10-18(11-9-17)26-13-12-20(24)27-14-19(23)22-21-15(2)6-5-7-16(21)3/h5-11H,4,12-14H2,1-3H3,(H,22,23). The fourth-order valence-electron chi connectivity index (χ4n) is 2.46. The molecule has 0 unspecified atom stereocenters. The van der Waals surface area contributed by atoms with Crippen molar-refractivity contribution in [1.29, 1.82) is 0 Å². The quantitative estimate of drug-likeness (QED) is 0.681. The Hall–Kier alpha value is -3.02. The average Bonchev–Trinajstić information content (AvgIpc) is 2.65. The molecule has 0 saturated carbocycles. The molecule has 1 N–H and O–H groups in total. The summed E-state index contributed by atoms with van der Waals surface area (Å²) in [6.45, 7) is 6.18. The van der Waals surface area contributed by atoms with Gasteiger partial charge >= 0.3 is 5.97 Å². The van der Waals surface area contributed by atoms with Gasteiger partial charge in [0.25, 0.3) is 5.91 Å². The van der Waals surface area contributed by atoms with Gasteiger partial charge in [0.05, 0.1) is 19.6 Å². The zero-order valence-electron chi connectivity index (χ0n) is 15.9. The van der Waals surface area contributed by atoms with Crippen molar-refractivity contribution in [2.45, 2.75) is 27.2 Å². The number of aryl methyl sites for hydroxylation is 2. The van der Waals surface area contributed by atoms with E-state index in [2.05, 4.69) is 5.32 Å². The van der Waals surface area contributed by atoms with E-state index in [1.54, 1.807) is 24.3 Å². The highest BCUT2D eigenvalue weighted by Gasteiger charge is 2.10. The fourth-order valence-corrected chi connectivity index (χ4v) is 2.46. The van der Waals surface area contributed by atoms with Crippen LogP contribution in [0.4, 0.5) is 5.69 Å². The maximum atomic E-state index is 12.0. The number of carbonyl (C=O) groups excluding carboxylic acids is 2. The molecule has 0 radical (unpaired) electrons. The van der Waals surface area contributed by atoms with Gasteiger partial charge in [0.2, 0.25) is 0 Å². The van der Waals surface area contributed by atoms with E-state index >= 15 is 0 Å². The molecule has 6 heteroatoms. The lowest BCUT2D eigenvalue weighted by atomic mass is 10.1. The lowest BCUT2D eigenvalue weighted by Gasteiger charge is -2.12. The molecule has 0 aliphatic carbocycles. The zero-order chi connectivity index (χ0) is 19.6. The van der Waals surface area contributed by atoms with Crippen LogP contribution in [-0.4, -0.2) is 31.7 Å². The summed E-state index contributed by atoms with van der Waals surface area (Å²) in [6, 6.07) is 12.9. The third-order valence-electron chi connectivity index (χ3n) is 3.82. The zero-order valence-corrected chi connectivity index (χ0v) is 15.9. The van der Waals surface area contributed by atoms with E-state index < -0.39 is 5.97 Å². The van der Waals surface area contributed by atoms with Gasteiger partial charge in [-0.2, -0.15) is 0 Å². The van der Waals surface area contributed by atoms with Gasteiger partial charge < -0.3 is 19.5 Å². The third-order valence-corrected chi connectivity index (χ3v) is 3.82. The van der Waals surface area contributed by atoms with Gasteiger partial charge in [-0.15, -0.1) is 0 Å². The molecular weight excluding hydrogens is 346 g/mol. The summed E-state index contributed by atoms with van der Waals surface area (Å²) in [7, 11) is 0. The molecule has 0 aliphatic heterocycles. The van der Waals surface area contributed by atoms with Gasteiger partial charge in [-0.1, -0.05) is 18.2 Å². The van der Waals surface area contributed by atoms with Crippen LogP contribution in [0.5, 0.6) is 11.5 Å². The first-order valence-electron chi connectivity index (χ1n) is 8.87. The Morgan fingerprint density at radius 1 is 0.926 bits per heavy atom. The molecule has 27 heavy (non-hydrogen) atoms. The minimum absolute atomic E-state index is 0.0594. The fraction of sp³-hybridized carbons (Fsp3) is 0.333. The van der Waals surface area contributed by atoms with Gasteiger partial charge in [-0.3, -0.25) is 9.59 Å². The second kappa shape index (κ2) is 10.2. The van der Waals surface area contributed by atoms with Crippen molar-refractivity contribution in [1.82, 2.24) is 0 Å². The van der Waals surface area contributed by atoms with Crippen molar-refractivity contribution in [3.05, 3.63) is 53.6 Å². The molecule has 2 aromatic rings. The lowest BCUT2D eigenvalue weighted by molar-refractivity contribution is -0.147. The lowest BCUT2D eigenvalue weighted by Crippen LogP contribution is -2.22. The van der Waals surface area contributed by atoms with Crippen LogP contribution in [0.15, 0.2) is 42.5 Å². The maximum Gasteiger partial charge on any atom is 0.309 e. The van der Waals surface area contributed by atoms with E-state index in [0.29, 0.717) is 12.4 Å². The van der Waals surface area contributed by atoms with Crippen molar-refractivity contribution >= 4 is 17.6 Å². The van der Waals surface area contributed by atoms with Gasteiger partial charge in [0.15, 0.2) is 6.61 Å². The Balaban J connectivity index is 1.69. The van der Waals surface area contributed by atoms with Crippen LogP contribution in [-0.2, 0) is 14.3 Å². The Morgan fingerprint density at radius 3 is 2.11 bits per heavy atom. The van der Waals surface area contributed by atoms with Crippen LogP contribution in [0, 0.1) is 13.8 Å². The monoisotopic (exact) mass is 371 g/mol. The smallest absolute Gasteiger partial charge is 0.309 e. The average molecular weight is 371 g/mol. The third kappa shape index (κ3) is 6.66. The number of anilines is 1. The molecule has 144 valence electrons. The number of nitrogens with one attached hydrogen (secondary N) is 1. The van der Waals surface area contributed by atoms with Gasteiger partial charge in [0.1, 0.15) is 11.5 Å². The molecule has 0 atom stereocenters. The largest absolute Gasteiger partial charge is 0.494 e. The van der Waals surface area contributed by atoms with Crippen LogP contribution in [0.25, 0.3) is 0 Å². The Bertz CT molecular complexity index is 750. The first-order chi connectivity index (χ1) is 13.0. The first-order valence-corrected chi connectivity index (χ1v) is 8.87. The topological polar surface area (TPSA) is 73.9 Å². The number of amides is 1. The van der Waals surface area contributed by atoms with E-state index in [4.69, 9.17) is 14.2 Å². The number of rotatable bonds is 9. The minimum atomic E-state index is -0.488. The molecule has 0 fully saturated rings. The van der Waals surface area contributed by atoms with E-state index in [1.165, 1.54) is 0 Å². The number of hydrogen-bond donors (Lipinski definition) is 1. The molecule has 0 bridgehead atoms. The van der Waals surface area contributed by atoms with E-state index in [0.717, 1.165) is 22.6 Å². The minimum Gasteiger partial charge on any atom is -0.494 e. The molecule has 6 nitrogen and oxygen atoms in total. The Morgan fingerprint density at radius 2 is 1.52 bits per heavy atom. The first kappa shape index (κ1) is 20.3. The molecule has 0 spiro atoms. The van der Waals surface area contributed by atoms with Crippen molar-refractivity contribution in [3.63, 3.8) is 0 Å². The Kier molecular flexibility index (Phi) is 7.67. The molecule has 2 aromatic carbocycles. The summed E-state index contributed by atoms with van der Waals surface area (Å²) in [5, 5.41) is 2.77. The van der Waals surface area contributed by atoms with Gasteiger partial charge in [-0.25, -0.2) is 0 Å². The molecule has 0 heterocycles. The summed E-state index contributed by atoms with van der Waals surface area (Å²) < 4.78 is 15.8. The second-order valence-electron chi connectivity index (χ2n) is 5.98. The van der Waals surface area contributed by atoms with Crippen LogP contribution >= 0.6 is 0 Å². The number of esters is 1. The van der Waals surface area contributed by atoms with Gasteiger partial charge in [-0.05, 0) is 56.2 Å². The normalized spacial score (nSPS) is 10.2. The highest BCUT2D eigenvalue weighted by Crippen LogP contribution is 2.19. The van der Waals surface area contributed by atoms with Crippen LogP contribution in [0.2, 0.25) is 0 Å². The summed E-state index contributed by atoms with van der Waals surface area (Å²) in [6.07, 6.45) is 0.0594. The molecule has 0 saturated heterocycles. The number of carbonyl (C=O) groups is 2. The molecular formula is C21H25NO5. The van der Waals surface area contributed by atoms with Crippen LogP contribution < -0.4 is 14.8 Å². The van der Waals surface area contributed by atoms with Crippen molar-refractivity contribution in [2.24, 2.45) is 0 Å². The molecule has 0 aliphatic rings. The number of hydrogen-bond acceptors (Lipinski definition) is 5. The SMILES string of the molecule is CCOc1ccc(OCCC(=O)OCC(=O)Nc2c(C)cccc2C)cc1. The van der Waals surface area contributed by atoms with E-state index in [9.17, 15) is 9.59 Å². The molecule has 0 aromatic heterocycles. The van der Waals surface area contributed by atoms with Crippen molar-refractivity contribution < 1.29 is 23.8 Å². The van der Waals surface area contributed by atoms with E-state index in [1.807, 2.05) is 39.0 Å². The Labute approximate surface area is 159 Å². The summed E-state index contributed by atoms with van der Waals surface area (Å²) in [4.78, 5) is 23.7. The highest BCUT2D eigenvalue weighted by molar-refractivity contribution is 5.94. The highest BCUT2D eigenvalue weighted by atomic mass is 16.5. The summed E-state index contributed by atoms with van der Waals surface area (Å²) >= 11 is 0. The van der Waals surface area contributed by atoms with Crippen LogP contribution in [0.1, 0.15) is 24.5 Å². The molecule has 1 amide bonds. The predicted molar refractivity (Wildman–Crippen MR) is 103 cm³/mol.